The lowest BCUT2D eigenvalue weighted by Gasteiger charge is -2.26. The first-order valence-corrected chi connectivity index (χ1v) is 9.04. The van der Waals surface area contributed by atoms with Crippen molar-refractivity contribution in [1.29, 1.82) is 0 Å². The first-order valence-electron chi connectivity index (χ1n) is 9.04. The maximum absolute atomic E-state index is 12.5. The molecular weight excluding hydrogens is 344 g/mol. The Kier molecular flexibility index (Phi) is 6.51. The molecule has 2 aromatic rings. The second-order valence-corrected chi connectivity index (χ2v) is 6.40. The van der Waals surface area contributed by atoms with Crippen molar-refractivity contribution in [2.45, 2.75) is 6.92 Å². The van der Waals surface area contributed by atoms with Crippen LogP contribution < -0.4 is 10.6 Å². The zero-order valence-electron chi connectivity index (χ0n) is 15.4. The van der Waals surface area contributed by atoms with E-state index in [2.05, 4.69) is 20.5 Å². The number of ketones is 1. The molecule has 0 spiro atoms. The van der Waals surface area contributed by atoms with Gasteiger partial charge in [-0.15, -0.1) is 0 Å². The van der Waals surface area contributed by atoms with Crippen LogP contribution in [0.25, 0.3) is 0 Å². The number of hydrogen-bond acceptors (Lipinski definition) is 6. The van der Waals surface area contributed by atoms with Gasteiger partial charge in [0.25, 0.3) is 5.91 Å². The maximum Gasteiger partial charge on any atom is 0.255 e. The Morgan fingerprint density at radius 2 is 1.85 bits per heavy atom. The van der Waals surface area contributed by atoms with Gasteiger partial charge in [-0.25, -0.2) is 4.98 Å². The quantitative estimate of drug-likeness (QED) is 0.730. The fraction of sp³-hybridized carbons (Fsp3) is 0.350. The lowest BCUT2D eigenvalue weighted by Crippen LogP contribution is -2.39. The minimum atomic E-state index is -0.218. The van der Waals surface area contributed by atoms with Crippen molar-refractivity contribution in [2.24, 2.45) is 0 Å². The molecule has 0 radical (unpaired) electrons. The first kappa shape index (κ1) is 19.0. The van der Waals surface area contributed by atoms with E-state index in [0.29, 0.717) is 22.6 Å². The summed E-state index contributed by atoms with van der Waals surface area (Å²) in [5, 5.41) is 6.09. The minimum Gasteiger partial charge on any atom is -0.379 e. The van der Waals surface area contributed by atoms with Crippen molar-refractivity contribution in [3.63, 3.8) is 0 Å². The van der Waals surface area contributed by atoms with E-state index in [1.54, 1.807) is 42.6 Å². The van der Waals surface area contributed by atoms with Crippen LogP contribution in [0.4, 0.5) is 11.5 Å². The summed E-state index contributed by atoms with van der Waals surface area (Å²) in [6, 6.07) is 10.2. The number of morpholine rings is 1. The number of pyridine rings is 1. The number of anilines is 2. The fourth-order valence-corrected chi connectivity index (χ4v) is 2.83. The number of hydrogen-bond donors (Lipinski definition) is 2. The van der Waals surface area contributed by atoms with Crippen LogP contribution in [-0.2, 0) is 4.74 Å². The summed E-state index contributed by atoms with van der Waals surface area (Å²) in [7, 11) is 0. The van der Waals surface area contributed by atoms with Crippen LogP contribution >= 0.6 is 0 Å². The Balaban J connectivity index is 1.54. The second-order valence-electron chi connectivity index (χ2n) is 6.40. The molecule has 0 saturated carbocycles. The Labute approximate surface area is 158 Å². The summed E-state index contributed by atoms with van der Waals surface area (Å²) in [5.74, 6) is 0.446. The van der Waals surface area contributed by atoms with E-state index in [-0.39, 0.29) is 11.7 Å². The Bertz CT molecular complexity index is 786. The molecule has 7 heteroatoms. The van der Waals surface area contributed by atoms with Gasteiger partial charge in [0.05, 0.1) is 13.2 Å². The molecular formula is C20H24N4O3. The predicted octanol–water partition coefficient (Wildman–Crippen LogP) is 2.28. The number of nitrogens with one attached hydrogen (secondary N) is 2. The summed E-state index contributed by atoms with van der Waals surface area (Å²) in [6.45, 7) is 6.62. The van der Waals surface area contributed by atoms with Crippen molar-refractivity contribution in [2.75, 3.05) is 50.0 Å². The van der Waals surface area contributed by atoms with E-state index in [0.717, 1.165) is 39.4 Å². The molecule has 2 N–H and O–H groups in total. The normalized spacial score (nSPS) is 14.6. The SMILES string of the molecule is CC(=O)c1ccc(NC(=O)c2ccnc(NCCN3CCOCC3)c2)cc1. The third-order valence-electron chi connectivity index (χ3n) is 4.41. The summed E-state index contributed by atoms with van der Waals surface area (Å²) >= 11 is 0. The smallest absolute Gasteiger partial charge is 0.255 e. The molecule has 3 rings (SSSR count). The number of amides is 1. The molecule has 2 heterocycles. The highest BCUT2D eigenvalue weighted by molar-refractivity contribution is 6.05. The molecule has 1 amide bonds. The molecule has 27 heavy (non-hydrogen) atoms. The summed E-state index contributed by atoms with van der Waals surface area (Å²) in [5.41, 5.74) is 1.78. The van der Waals surface area contributed by atoms with Gasteiger partial charge in [0.1, 0.15) is 5.82 Å². The van der Waals surface area contributed by atoms with Gasteiger partial charge in [-0.2, -0.15) is 0 Å². The van der Waals surface area contributed by atoms with E-state index < -0.39 is 0 Å². The topological polar surface area (TPSA) is 83.6 Å². The summed E-state index contributed by atoms with van der Waals surface area (Å²) in [6.07, 6.45) is 1.62. The lowest BCUT2D eigenvalue weighted by atomic mass is 10.1. The van der Waals surface area contributed by atoms with Crippen molar-refractivity contribution < 1.29 is 14.3 Å². The van der Waals surface area contributed by atoms with Crippen molar-refractivity contribution in [3.05, 3.63) is 53.7 Å². The number of ether oxygens (including phenoxy) is 1. The zero-order valence-corrected chi connectivity index (χ0v) is 15.4. The molecule has 1 saturated heterocycles. The van der Waals surface area contributed by atoms with E-state index in [4.69, 9.17) is 4.74 Å². The molecule has 1 aromatic heterocycles. The number of Topliss-reactive ketones (excluding diaryl/α,β-unsaturated/α-hetero) is 1. The van der Waals surface area contributed by atoms with E-state index in [1.807, 2.05) is 0 Å². The Morgan fingerprint density at radius 3 is 2.56 bits per heavy atom. The first-order chi connectivity index (χ1) is 13.1. The third-order valence-corrected chi connectivity index (χ3v) is 4.41. The fourth-order valence-electron chi connectivity index (χ4n) is 2.83. The molecule has 1 aromatic carbocycles. The average Bonchev–Trinajstić information content (AvgIpc) is 2.69. The van der Waals surface area contributed by atoms with Gasteiger partial charge in [0.2, 0.25) is 0 Å². The number of aromatic nitrogens is 1. The Morgan fingerprint density at radius 1 is 1.11 bits per heavy atom. The van der Waals surface area contributed by atoms with Crippen LogP contribution in [0.1, 0.15) is 27.6 Å². The van der Waals surface area contributed by atoms with E-state index in [1.165, 1.54) is 6.92 Å². The van der Waals surface area contributed by atoms with Crippen LogP contribution in [0.15, 0.2) is 42.6 Å². The van der Waals surface area contributed by atoms with Crippen LogP contribution in [0.5, 0.6) is 0 Å². The molecule has 0 unspecified atom stereocenters. The van der Waals surface area contributed by atoms with E-state index in [9.17, 15) is 9.59 Å². The van der Waals surface area contributed by atoms with Gasteiger partial charge in [0, 0.05) is 49.2 Å². The highest BCUT2D eigenvalue weighted by atomic mass is 16.5. The van der Waals surface area contributed by atoms with Crippen LogP contribution in [0.3, 0.4) is 0 Å². The second kappa shape index (κ2) is 9.25. The number of nitrogens with zero attached hydrogens (tertiary/aromatic N) is 2. The molecule has 1 aliphatic heterocycles. The van der Waals surface area contributed by atoms with Crippen LogP contribution in [0, 0.1) is 0 Å². The number of rotatable bonds is 7. The van der Waals surface area contributed by atoms with Gasteiger partial charge >= 0.3 is 0 Å². The summed E-state index contributed by atoms with van der Waals surface area (Å²) in [4.78, 5) is 30.4. The average molecular weight is 368 g/mol. The van der Waals surface area contributed by atoms with Gasteiger partial charge in [-0.05, 0) is 43.3 Å². The molecule has 1 fully saturated rings. The number of carbonyl (C=O) groups excluding carboxylic acids is 2. The highest BCUT2D eigenvalue weighted by Gasteiger charge is 2.11. The third kappa shape index (κ3) is 5.60. The van der Waals surface area contributed by atoms with Crippen molar-refractivity contribution in [1.82, 2.24) is 9.88 Å². The van der Waals surface area contributed by atoms with E-state index >= 15 is 0 Å². The lowest BCUT2D eigenvalue weighted by molar-refractivity contribution is 0.0398. The van der Waals surface area contributed by atoms with Crippen LogP contribution in [-0.4, -0.2) is 61.0 Å². The highest BCUT2D eigenvalue weighted by Crippen LogP contribution is 2.13. The standard InChI is InChI=1S/C20H24N4O3/c1-15(25)16-2-4-18(5-3-16)23-20(26)17-6-7-21-19(14-17)22-8-9-24-10-12-27-13-11-24/h2-7,14H,8-13H2,1H3,(H,21,22)(H,23,26). The summed E-state index contributed by atoms with van der Waals surface area (Å²) < 4.78 is 5.34. The van der Waals surface area contributed by atoms with Gasteiger partial charge < -0.3 is 15.4 Å². The Hall–Kier alpha value is -2.77. The minimum absolute atomic E-state index is 0.00481. The maximum atomic E-state index is 12.5. The predicted molar refractivity (Wildman–Crippen MR) is 104 cm³/mol. The molecule has 1 aliphatic rings. The zero-order chi connectivity index (χ0) is 19.1. The monoisotopic (exact) mass is 368 g/mol. The number of benzene rings is 1. The number of carbonyl (C=O) groups is 2. The largest absolute Gasteiger partial charge is 0.379 e. The van der Waals surface area contributed by atoms with Crippen LogP contribution in [0.2, 0.25) is 0 Å². The van der Waals surface area contributed by atoms with Gasteiger partial charge in [-0.1, -0.05) is 0 Å². The van der Waals surface area contributed by atoms with Crippen molar-refractivity contribution in [3.8, 4) is 0 Å². The van der Waals surface area contributed by atoms with Gasteiger partial charge in [0.15, 0.2) is 5.78 Å². The molecule has 142 valence electrons. The molecule has 0 aliphatic carbocycles. The molecule has 7 nitrogen and oxygen atoms in total. The molecule has 0 atom stereocenters. The van der Waals surface area contributed by atoms with Crippen molar-refractivity contribution >= 4 is 23.2 Å². The molecule has 0 bridgehead atoms. The van der Waals surface area contributed by atoms with Gasteiger partial charge in [-0.3, -0.25) is 14.5 Å².